The van der Waals surface area contributed by atoms with Gasteiger partial charge in [-0.15, -0.1) is 0 Å². The largest absolute Gasteiger partial charge is 0.492 e. The van der Waals surface area contributed by atoms with Crippen LogP contribution in [0.25, 0.3) is 17.2 Å². The van der Waals surface area contributed by atoms with Gasteiger partial charge in [-0.1, -0.05) is 72.3 Å². The van der Waals surface area contributed by atoms with E-state index >= 15 is 0 Å². The second kappa shape index (κ2) is 10.5. The molecule has 1 heterocycles. The molecule has 0 aromatic heterocycles. The molecule has 0 unspecified atom stereocenters. The number of nitriles is 1. The van der Waals surface area contributed by atoms with Crippen molar-refractivity contribution in [1.29, 1.82) is 5.26 Å². The van der Waals surface area contributed by atoms with E-state index in [1.165, 1.54) is 11.1 Å². The van der Waals surface area contributed by atoms with Crippen LogP contribution in [0.15, 0.2) is 72.2 Å². The lowest BCUT2D eigenvalue weighted by atomic mass is 9.77. The Morgan fingerprint density at radius 3 is 2.18 bits per heavy atom. The Morgan fingerprint density at radius 2 is 1.62 bits per heavy atom. The van der Waals surface area contributed by atoms with Crippen molar-refractivity contribution in [3.05, 3.63) is 99.5 Å². The normalized spacial score (nSPS) is 17.3. The number of alkyl carbamates (subject to hydrolysis) is 1. The number of carbonyl (C=O) groups excluding carboxylic acids is 1. The van der Waals surface area contributed by atoms with Crippen LogP contribution in [0.4, 0.5) is 4.79 Å². The van der Waals surface area contributed by atoms with Gasteiger partial charge in [0.05, 0.1) is 21.8 Å². The molecule has 0 atom stereocenters. The van der Waals surface area contributed by atoms with E-state index < -0.39 is 24.4 Å². The topological polar surface area (TPSA) is 80.6 Å². The van der Waals surface area contributed by atoms with Gasteiger partial charge in [0.2, 0.25) is 0 Å². The lowest BCUT2D eigenvalue weighted by Crippen LogP contribution is -2.41. The summed E-state index contributed by atoms with van der Waals surface area (Å²) < 4.78 is 18.2. The fourth-order valence-corrected chi connectivity index (χ4v) is 5.18. The monoisotopic (exact) mass is 540 g/mol. The second-order valence-corrected chi connectivity index (χ2v) is 11.2. The first-order valence-electron chi connectivity index (χ1n) is 12.9. The van der Waals surface area contributed by atoms with Gasteiger partial charge in [0, 0.05) is 12.5 Å². The van der Waals surface area contributed by atoms with Crippen LogP contribution in [-0.2, 0) is 14.0 Å². The molecule has 3 aromatic rings. The Labute approximate surface area is 234 Å². The SMILES string of the molecule is CC1(C)OB(C(=Cc2ccc(C#N)c(Cl)c2)CNC(=O)OCC2c3ccccc3-c3ccccc32)OC1(C)C. The number of rotatable bonds is 6. The highest BCUT2D eigenvalue weighted by Gasteiger charge is 2.52. The first kappa shape index (κ1) is 27.0. The molecule has 3 aromatic carbocycles. The summed E-state index contributed by atoms with van der Waals surface area (Å²) in [5.74, 6) is -0.0259. The molecule has 198 valence electrons. The summed E-state index contributed by atoms with van der Waals surface area (Å²) in [4.78, 5) is 12.9. The van der Waals surface area contributed by atoms with Crippen LogP contribution < -0.4 is 5.32 Å². The second-order valence-electron chi connectivity index (χ2n) is 10.8. The van der Waals surface area contributed by atoms with E-state index in [0.29, 0.717) is 16.1 Å². The lowest BCUT2D eigenvalue weighted by molar-refractivity contribution is 0.00578. The molecular weight excluding hydrogens is 511 g/mol. The Balaban J connectivity index is 1.31. The lowest BCUT2D eigenvalue weighted by Gasteiger charge is -2.32. The molecule has 0 spiro atoms. The molecule has 1 N–H and O–H groups in total. The van der Waals surface area contributed by atoms with Gasteiger partial charge in [-0.2, -0.15) is 5.26 Å². The predicted octanol–water partition coefficient (Wildman–Crippen LogP) is 6.77. The number of nitrogens with one attached hydrogen (secondary N) is 1. The van der Waals surface area contributed by atoms with Gasteiger partial charge in [-0.25, -0.2) is 4.79 Å². The van der Waals surface area contributed by atoms with E-state index in [1.54, 1.807) is 18.2 Å². The van der Waals surface area contributed by atoms with E-state index in [-0.39, 0.29) is 19.1 Å². The highest BCUT2D eigenvalue weighted by molar-refractivity contribution is 6.56. The zero-order chi connectivity index (χ0) is 27.8. The molecule has 6 nitrogen and oxygen atoms in total. The summed E-state index contributed by atoms with van der Waals surface area (Å²) in [5.41, 5.74) is 5.40. The number of benzene rings is 3. The summed E-state index contributed by atoms with van der Waals surface area (Å²) in [5, 5.41) is 12.4. The van der Waals surface area contributed by atoms with Gasteiger partial charge in [0.1, 0.15) is 12.7 Å². The number of ether oxygens (including phenoxy) is 1. The maximum Gasteiger partial charge on any atom is 0.492 e. The number of nitrogens with zero attached hydrogens (tertiary/aromatic N) is 1. The third-order valence-electron chi connectivity index (χ3n) is 7.80. The van der Waals surface area contributed by atoms with E-state index in [4.69, 9.17) is 25.6 Å². The number of fused-ring (bicyclic) bond motifs is 3. The fourth-order valence-electron chi connectivity index (χ4n) is 4.95. The summed E-state index contributed by atoms with van der Waals surface area (Å²) in [6.45, 7) is 8.26. The van der Waals surface area contributed by atoms with Crippen LogP contribution in [-0.4, -0.2) is 37.6 Å². The molecule has 1 amide bonds. The molecule has 0 radical (unpaired) electrons. The quantitative estimate of drug-likeness (QED) is 0.349. The van der Waals surface area contributed by atoms with Gasteiger partial charge < -0.3 is 19.4 Å². The van der Waals surface area contributed by atoms with E-state index in [2.05, 4.69) is 35.7 Å². The Hall–Kier alpha value is -3.57. The molecule has 0 saturated carbocycles. The molecule has 8 heteroatoms. The summed E-state index contributed by atoms with van der Waals surface area (Å²) in [6, 6.07) is 23.7. The van der Waals surface area contributed by atoms with Crippen LogP contribution in [0.3, 0.4) is 0 Å². The zero-order valence-corrected chi connectivity index (χ0v) is 23.2. The van der Waals surface area contributed by atoms with Crippen molar-refractivity contribution < 1.29 is 18.8 Å². The standard InChI is InChI=1S/C31H30BClN2O4/c1-30(2)31(3,4)39-32(38-30)22(15-20-13-14-21(17-34)28(33)16-20)18-35-29(36)37-19-27-25-11-7-5-9-23(25)24-10-6-8-12-26(24)27/h5-16,27H,18-19H2,1-4H3,(H,35,36). The van der Waals surface area contributed by atoms with Crippen LogP contribution in [0.2, 0.25) is 5.02 Å². The minimum absolute atomic E-state index is 0.0259. The Morgan fingerprint density at radius 1 is 1.03 bits per heavy atom. The van der Waals surface area contributed by atoms with Crippen molar-refractivity contribution in [3.8, 4) is 17.2 Å². The van der Waals surface area contributed by atoms with Gasteiger partial charge in [-0.05, 0) is 73.1 Å². The molecule has 39 heavy (non-hydrogen) atoms. The smallest absolute Gasteiger partial charge is 0.449 e. The Bertz CT molecular complexity index is 1430. The molecule has 1 fully saturated rings. The molecule has 5 rings (SSSR count). The Kier molecular flexibility index (Phi) is 7.30. The minimum Gasteiger partial charge on any atom is -0.449 e. The highest BCUT2D eigenvalue weighted by atomic mass is 35.5. The van der Waals surface area contributed by atoms with Crippen LogP contribution in [0, 0.1) is 11.3 Å². The van der Waals surface area contributed by atoms with Crippen LogP contribution in [0.5, 0.6) is 0 Å². The van der Waals surface area contributed by atoms with Crippen LogP contribution in [0.1, 0.15) is 55.9 Å². The number of hydrogen-bond acceptors (Lipinski definition) is 5. The average Bonchev–Trinajstić information content (AvgIpc) is 3.34. The number of carbonyl (C=O) groups is 1. The highest BCUT2D eigenvalue weighted by Crippen LogP contribution is 2.44. The molecule has 2 aliphatic rings. The predicted molar refractivity (Wildman–Crippen MR) is 153 cm³/mol. The van der Waals surface area contributed by atoms with Crippen molar-refractivity contribution in [1.82, 2.24) is 5.32 Å². The summed E-state index contributed by atoms with van der Waals surface area (Å²) in [6.07, 6.45) is 1.33. The zero-order valence-electron chi connectivity index (χ0n) is 22.5. The van der Waals surface area contributed by atoms with E-state index in [1.807, 2.05) is 58.0 Å². The number of hydrogen-bond donors (Lipinski definition) is 1. The maximum absolute atomic E-state index is 12.9. The van der Waals surface area contributed by atoms with Crippen molar-refractivity contribution >= 4 is 30.9 Å². The molecular formula is C31H30BClN2O4. The third kappa shape index (κ3) is 5.33. The summed E-state index contributed by atoms with van der Waals surface area (Å²) in [7, 11) is -0.682. The average molecular weight is 541 g/mol. The van der Waals surface area contributed by atoms with Gasteiger partial charge in [-0.3, -0.25) is 0 Å². The first-order valence-corrected chi connectivity index (χ1v) is 13.3. The van der Waals surface area contributed by atoms with Gasteiger partial charge in [0.15, 0.2) is 0 Å². The van der Waals surface area contributed by atoms with Crippen molar-refractivity contribution in [2.45, 2.75) is 44.8 Å². The fraction of sp³-hybridized carbons (Fsp3) is 0.290. The summed E-state index contributed by atoms with van der Waals surface area (Å²) >= 11 is 6.26. The van der Waals surface area contributed by atoms with Crippen molar-refractivity contribution in [2.24, 2.45) is 0 Å². The first-order chi connectivity index (χ1) is 18.6. The van der Waals surface area contributed by atoms with E-state index in [9.17, 15) is 10.1 Å². The molecule has 0 bridgehead atoms. The number of halogens is 1. The maximum atomic E-state index is 12.9. The molecule has 1 aliphatic heterocycles. The number of amides is 1. The van der Waals surface area contributed by atoms with Gasteiger partial charge >= 0.3 is 13.2 Å². The van der Waals surface area contributed by atoms with E-state index in [0.717, 1.165) is 16.7 Å². The molecule has 1 saturated heterocycles. The third-order valence-corrected chi connectivity index (χ3v) is 8.11. The van der Waals surface area contributed by atoms with Crippen molar-refractivity contribution in [3.63, 3.8) is 0 Å². The van der Waals surface area contributed by atoms with Crippen molar-refractivity contribution in [2.75, 3.05) is 13.2 Å². The van der Waals surface area contributed by atoms with Gasteiger partial charge in [0.25, 0.3) is 0 Å². The van der Waals surface area contributed by atoms with Crippen LogP contribution >= 0.6 is 11.6 Å². The minimum atomic E-state index is -0.682. The molecule has 1 aliphatic carbocycles.